The van der Waals surface area contributed by atoms with Gasteiger partial charge in [0, 0.05) is 17.8 Å². The molecule has 0 bridgehead atoms. The first-order chi connectivity index (χ1) is 13.3. The van der Waals surface area contributed by atoms with Crippen LogP contribution in [0.3, 0.4) is 0 Å². The first-order valence-electron chi connectivity index (χ1n) is 8.22. The van der Waals surface area contributed by atoms with Crippen LogP contribution in [0, 0.1) is 11.6 Å². The predicted molar refractivity (Wildman–Crippen MR) is 107 cm³/mol. The molecule has 0 saturated heterocycles. The molecule has 28 heavy (non-hydrogen) atoms. The fourth-order valence-electron chi connectivity index (χ4n) is 2.34. The Balaban J connectivity index is 1.78. The highest BCUT2D eigenvalue weighted by Crippen LogP contribution is 2.28. The van der Waals surface area contributed by atoms with Crippen molar-refractivity contribution >= 4 is 45.3 Å². The molecule has 3 rings (SSSR count). The van der Waals surface area contributed by atoms with E-state index in [1.54, 1.807) is 31.1 Å². The normalized spacial score (nSPS) is 11.6. The molecule has 1 aromatic heterocycles. The van der Waals surface area contributed by atoms with Gasteiger partial charge in [-0.25, -0.2) is 18.8 Å². The van der Waals surface area contributed by atoms with Crippen molar-refractivity contribution in [3.8, 4) is 5.75 Å². The monoisotopic (exact) mass is 423 g/mol. The van der Waals surface area contributed by atoms with Crippen LogP contribution in [0.4, 0.5) is 8.78 Å². The summed E-state index contributed by atoms with van der Waals surface area (Å²) in [5, 5.41) is 1.16. The van der Waals surface area contributed by atoms with Gasteiger partial charge in [-0.15, -0.1) is 11.3 Å². The van der Waals surface area contributed by atoms with Gasteiger partial charge < -0.3 is 9.64 Å². The second-order valence-electron chi connectivity index (χ2n) is 6.12. The summed E-state index contributed by atoms with van der Waals surface area (Å²) in [6, 6.07) is 7.42. The number of amides is 1. The number of benzene rings is 2. The van der Waals surface area contributed by atoms with E-state index in [-0.39, 0.29) is 12.4 Å². The van der Waals surface area contributed by atoms with Gasteiger partial charge in [-0.3, -0.25) is 4.79 Å². The van der Waals surface area contributed by atoms with Crippen molar-refractivity contribution in [2.24, 2.45) is 4.99 Å². The minimum atomic E-state index is -1.09. The molecular formula is C19H16ClF2N3O2S. The van der Waals surface area contributed by atoms with E-state index in [0.29, 0.717) is 22.1 Å². The number of hydrogen-bond acceptors (Lipinski definition) is 5. The quantitative estimate of drug-likeness (QED) is 0.544. The zero-order chi connectivity index (χ0) is 20.3. The molecule has 0 N–H and O–H groups in total. The molecular weight excluding hydrogens is 408 g/mol. The SMILES string of the molecule is CN(C)CC=NC(=O)c1c(F)ccc(OCc2nc3cc(Cl)ccc3s2)c1F. The van der Waals surface area contributed by atoms with Gasteiger partial charge in [0.25, 0.3) is 5.91 Å². The molecule has 0 aliphatic heterocycles. The molecule has 1 amide bonds. The number of nitrogens with zero attached hydrogens (tertiary/aromatic N) is 3. The Bertz CT molecular complexity index is 1050. The van der Waals surface area contributed by atoms with E-state index < -0.39 is 23.1 Å². The largest absolute Gasteiger partial charge is 0.483 e. The number of halogens is 3. The van der Waals surface area contributed by atoms with Crippen LogP contribution in [0.15, 0.2) is 35.3 Å². The second kappa shape index (κ2) is 8.72. The first-order valence-corrected chi connectivity index (χ1v) is 9.42. The van der Waals surface area contributed by atoms with Crippen molar-refractivity contribution in [1.82, 2.24) is 9.88 Å². The molecule has 0 aliphatic carbocycles. The summed E-state index contributed by atoms with van der Waals surface area (Å²) >= 11 is 7.31. The van der Waals surface area contributed by atoms with E-state index in [0.717, 1.165) is 16.8 Å². The zero-order valence-electron chi connectivity index (χ0n) is 15.1. The molecule has 146 valence electrons. The van der Waals surface area contributed by atoms with Gasteiger partial charge in [0.1, 0.15) is 23.0 Å². The highest BCUT2D eigenvalue weighted by atomic mass is 35.5. The van der Waals surface area contributed by atoms with Crippen LogP contribution in [-0.4, -0.2) is 42.6 Å². The predicted octanol–water partition coefficient (Wildman–Crippen LogP) is 4.58. The molecule has 0 aliphatic rings. The lowest BCUT2D eigenvalue weighted by Crippen LogP contribution is -2.15. The lowest BCUT2D eigenvalue weighted by Gasteiger charge is -2.08. The van der Waals surface area contributed by atoms with Crippen LogP contribution in [0.1, 0.15) is 15.4 Å². The molecule has 0 saturated carbocycles. The Morgan fingerprint density at radius 2 is 2.11 bits per heavy atom. The van der Waals surface area contributed by atoms with E-state index in [4.69, 9.17) is 16.3 Å². The molecule has 0 unspecified atom stereocenters. The number of fused-ring (bicyclic) bond motifs is 1. The molecule has 2 aromatic carbocycles. The number of ether oxygens (including phenoxy) is 1. The lowest BCUT2D eigenvalue weighted by molar-refractivity contribution is 0.0994. The Kier molecular flexibility index (Phi) is 6.33. The topological polar surface area (TPSA) is 54.8 Å². The fraction of sp³-hybridized carbons (Fsp3) is 0.211. The highest BCUT2D eigenvalue weighted by Gasteiger charge is 2.21. The lowest BCUT2D eigenvalue weighted by atomic mass is 10.1. The van der Waals surface area contributed by atoms with E-state index in [1.165, 1.54) is 17.6 Å². The maximum Gasteiger partial charge on any atom is 0.282 e. The summed E-state index contributed by atoms with van der Waals surface area (Å²) in [6.07, 6.45) is 1.29. The smallest absolute Gasteiger partial charge is 0.282 e. The van der Waals surface area contributed by atoms with Crippen molar-refractivity contribution < 1.29 is 18.3 Å². The number of aliphatic imine (C=N–C) groups is 1. The number of carbonyl (C=O) groups excluding carboxylic acids is 1. The van der Waals surface area contributed by atoms with Gasteiger partial charge in [0.2, 0.25) is 0 Å². The number of aromatic nitrogens is 1. The zero-order valence-corrected chi connectivity index (χ0v) is 16.7. The fourth-order valence-corrected chi connectivity index (χ4v) is 3.37. The average Bonchev–Trinajstić information content (AvgIpc) is 3.02. The minimum Gasteiger partial charge on any atom is -0.483 e. The third-order valence-electron chi connectivity index (χ3n) is 3.67. The van der Waals surface area contributed by atoms with Gasteiger partial charge in [-0.2, -0.15) is 0 Å². The van der Waals surface area contributed by atoms with Crippen LogP contribution >= 0.6 is 22.9 Å². The summed E-state index contributed by atoms with van der Waals surface area (Å²) in [7, 11) is 3.56. The van der Waals surface area contributed by atoms with E-state index >= 15 is 0 Å². The van der Waals surface area contributed by atoms with Crippen molar-refractivity contribution in [2.45, 2.75) is 6.61 Å². The number of rotatable bonds is 6. The van der Waals surface area contributed by atoms with Gasteiger partial charge in [0.15, 0.2) is 11.6 Å². The summed E-state index contributed by atoms with van der Waals surface area (Å²) < 4.78 is 35.0. The first kappa shape index (κ1) is 20.3. The highest BCUT2D eigenvalue weighted by molar-refractivity contribution is 7.18. The maximum atomic E-state index is 14.6. The third-order valence-corrected chi connectivity index (χ3v) is 4.91. The van der Waals surface area contributed by atoms with Crippen molar-refractivity contribution in [2.75, 3.05) is 20.6 Å². The number of hydrogen-bond donors (Lipinski definition) is 0. The minimum absolute atomic E-state index is 0.0307. The molecule has 5 nitrogen and oxygen atoms in total. The third kappa shape index (κ3) is 4.70. The number of thiazole rings is 1. The van der Waals surface area contributed by atoms with Crippen molar-refractivity contribution in [3.63, 3.8) is 0 Å². The van der Waals surface area contributed by atoms with Gasteiger partial charge in [-0.1, -0.05) is 11.6 Å². The molecule has 9 heteroatoms. The standard InChI is InChI=1S/C19H16ClF2N3O2S/c1-25(2)8-7-23-19(26)17-12(21)4-5-14(18(17)22)27-10-16-24-13-9-11(20)3-6-15(13)28-16/h3-7,9H,8,10H2,1-2H3. The van der Waals surface area contributed by atoms with E-state index in [2.05, 4.69) is 9.98 Å². The summed E-state index contributed by atoms with van der Waals surface area (Å²) in [4.78, 5) is 21.8. The summed E-state index contributed by atoms with van der Waals surface area (Å²) in [6.45, 7) is 0.337. The molecule has 1 heterocycles. The molecule has 0 fully saturated rings. The molecule has 3 aromatic rings. The van der Waals surface area contributed by atoms with Crippen LogP contribution < -0.4 is 4.74 Å². The summed E-state index contributed by atoms with van der Waals surface area (Å²) in [5.41, 5.74) is -0.0367. The number of carbonyl (C=O) groups is 1. The van der Waals surface area contributed by atoms with Crippen LogP contribution in [-0.2, 0) is 6.61 Å². The maximum absolute atomic E-state index is 14.6. The van der Waals surface area contributed by atoms with Gasteiger partial charge in [-0.05, 0) is 44.4 Å². The van der Waals surface area contributed by atoms with Crippen LogP contribution in [0.25, 0.3) is 10.2 Å². The van der Waals surface area contributed by atoms with Gasteiger partial charge in [0.05, 0.1) is 10.2 Å². The van der Waals surface area contributed by atoms with Crippen LogP contribution in [0.5, 0.6) is 5.75 Å². The van der Waals surface area contributed by atoms with E-state index in [1.807, 2.05) is 6.07 Å². The Labute approximate surface area is 169 Å². The van der Waals surface area contributed by atoms with E-state index in [9.17, 15) is 13.6 Å². The van der Waals surface area contributed by atoms with Gasteiger partial charge >= 0.3 is 0 Å². The Hall–Kier alpha value is -2.42. The average molecular weight is 424 g/mol. The van der Waals surface area contributed by atoms with Crippen molar-refractivity contribution in [3.05, 3.63) is 57.6 Å². The van der Waals surface area contributed by atoms with Crippen molar-refractivity contribution in [1.29, 1.82) is 0 Å². The molecule has 0 atom stereocenters. The molecule has 0 radical (unpaired) electrons. The summed E-state index contributed by atoms with van der Waals surface area (Å²) in [5.74, 6) is -3.33. The van der Waals surface area contributed by atoms with Crippen LogP contribution in [0.2, 0.25) is 5.02 Å². The Morgan fingerprint density at radius 3 is 2.86 bits per heavy atom. The molecule has 0 spiro atoms. The Morgan fingerprint density at radius 1 is 1.32 bits per heavy atom. The second-order valence-corrected chi connectivity index (χ2v) is 7.67.